The molecule has 0 saturated carbocycles. The zero-order valence-corrected chi connectivity index (χ0v) is 12.2. The maximum absolute atomic E-state index is 12.5. The molecule has 0 aromatic carbocycles. The van der Waals surface area contributed by atoms with Crippen molar-refractivity contribution >= 4 is 22.3 Å². The molecule has 17 heavy (non-hydrogen) atoms. The van der Waals surface area contributed by atoms with Crippen LogP contribution < -0.4 is 0 Å². The lowest BCUT2D eigenvalue weighted by atomic mass is 10.1. The molecule has 0 saturated heterocycles. The lowest BCUT2D eigenvalue weighted by molar-refractivity contribution is 0.379. The molecule has 0 fully saturated rings. The van der Waals surface area contributed by atoms with Gasteiger partial charge in [-0.05, 0) is 38.6 Å². The Labute approximate surface area is 110 Å². The van der Waals surface area contributed by atoms with E-state index in [9.17, 15) is 4.21 Å². The summed E-state index contributed by atoms with van der Waals surface area (Å²) >= 11 is 1.73. The maximum Gasteiger partial charge on any atom is 0.101 e. The van der Waals surface area contributed by atoms with Crippen LogP contribution in [-0.4, -0.2) is 19.8 Å². The van der Waals surface area contributed by atoms with Crippen molar-refractivity contribution in [1.29, 1.82) is 0 Å². The molecular formula is C13H19NOS2. The van der Waals surface area contributed by atoms with Crippen LogP contribution in [0.3, 0.4) is 0 Å². The van der Waals surface area contributed by atoms with Crippen molar-refractivity contribution in [2.24, 2.45) is 0 Å². The van der Waals surface area contributed by atoms with Crippen LogP contribution in [0.15, 0.2) is 29.7 Å². The molecule has 2 nitrogen and oxygen atoms in total. The van der Waals surface area contributed by atoms with Gasteiger partial charge in [0.25, 0.3) is 0 Å². The third-order valence-corrected chi connectivity index (χ3v) is 5.54. The first kappa shape index (κ1) is 13.0. The van der Waals surface area contributed by atoms with Crippen LogP contribution in [0, 0.1) is 0 Å². The predicted molar refractivity (Wildman–Crippen MR) is 75.4 cm³/mol. The quantitative estimate of drug-likeness (QED) is 0.752. The van der Waals surface area contributed by atoms with Crippen LogP contribution in [-0.2, 0) is 11.0 Å². The smallest absolute Gasteiger partial charge is 0.101 e. The highest BCUT2D eigenvalue weighted by Gasteiger charge is 2.32. The first-order chi connectivity index (χ1) is 8.00. The van der Waals surface area contributed by atoms with Gasteiger partial charge in [0.1, 0.15) is 11.0 Å². The van der Waals surface area contributed by atoms with E-state index >= 15 is 0 Å². The minimum absolute atomic E-state index is 0.184. The lowest BCUT2D eigenvalue weighted by Gasteiger charge is -2.35. The Bertz CT molecular complexity index is 417. The second-order valence-corrected chi connectivity index (χ2v) is 8.35. The van der Waals surface area contributed by atoms with Crippen molar-refractivity contribution in [3.05, 3.63) is 34.5 Å². The molecule has 0 radical (unpaired) electrons. The highest BCUT2D eigenvalue weighted by molar-refractivity contribution is 7.84. The summed E-state index contributed by atoms with van der Waals surface area (Å²) in [5.74, 6) is 0. The van der Waals surface area contributed by atoms with Crippen molar-refractivity contribution in [2.75, 3.05) is 6.54 Å². The molecule has 0 amide bonds. The second-order valence-electron chi connectivity index (χ2n) is 5.18. The summed E-state index contributed by atoms with van der Waals surface area (Å²) in [6.07, 6.45) is 5.36. The fraction of sp³-hybridized carbons (Fsp3) is 0.538. The Hall–Kier alpha value is -0.450. The van der Waals surface area contributed by atoms with E-state index in [4.69, 9.17) is 0 Å². The number of nitrogens with zero attached hydrogens (tertiary/aromatic N) is 1. The van der Waals surface area contributed by atoms with Crippen molar-refractivity contribution in [3.63, 3.8) is 0 Å². The van der Waals surface area contributed by atoms with E-state index in [1.165, 1.54) is 4.88 Å². The van der Waals surface area contributed by atoms with Gasteiger partial charge in [-0.15, -0.1) is 11.3 Å². The summed E-state index contributed by atoms with van der Waals surface area (Å²) in [5, 5.41) is 2.08. The van der Waals surface area contributed by atoms with Crippen molar-refractivity contribution in [1.82, 2.24) is 4.31 Å². The number of rotatable bonds is 2. The first-order valence-corrected chi connectivity index (χ1v) is 7.87. The van der Waals surface area contributed by atoms with Gasteiger partial charge in [0.05, 0.1) is 10.8 Å². The average Bonchev–Trinajstić information content (AvgIpc) is 2.80. The molecule has 4 heteroatoms. The van der Waals surface area contributed by atoms with Gasteiger partial charge in [-0.25, -0.2) is 8.51 Å². The Morgan fingerprint density at radius 2 is 2.24 bits per heavy atom. The van der Waals surface area contributed by atoms with Crippen LogP contribution in [0.4, 0.5) is 0 Å². The van der Waals surface area contributed by atoms with Gasteiger partial charge in [0, 0.05) is 11.4 Å². The number of thiophene rings is 1. The molecule has 2 rings (SSSR count). The Morgan fingerprint density at radius 1 is 1.47 bits per heavy atom. The average molecular weight is 269 g/mol. The molecule has 1 aromatic heterocycles. The van der Waals surface area contributed by atoms with E-state index < -0.39 is 11.0 Å². The molecule has 0 bridgehead atoms. The minimum atomic E-state index is -0.950. The number of hydrogen-bond acceptors (Lipinski definition) is 2. The molecule has 1 aliphatic rings. The van der Waals surface area contributed by atoms with Gasteiger partial charge in [-0.1, -0.05) is 18.2 Å². The van der Waals surface area contributed by atoms with Gasteiger partial charge in [0.2, 0.25) is 0 Å². The van der Waals surface area contributed by atoms with Gasteiger partial charge in [-0.3, -0.25) is 0 Å². The Balaban J connectivity index is 2.27. The van der Waals surface area contributed by atoms with E-state index in [2.05, 4.69) is 34.0 Å². The lowest BCUT2D eigenvalue weighted by Crippen LogP contribution is -2.40. The SMILES string of the molecule is CC(C)(C)S(=O)N1CCC=C[C@H]1c1cccs1. The van der Waals surface area contributed by atoms with E-state index in [-0.39, 0.29) is 10.8 Å². The van der Waals surface area contributed by atoms with Crippen molar-refractivity contribution in [2.45, 2.75) is 38.0 Å². The Kier molecular flexibility index (Phi) is 3.85. The second kappa shape index (κ2) is 5.04. The van der Waals surface area contributed by atoms with E-state index in [1.807, 2.05) is 20.8 Å². The topological polar surface area (TPSA) is 20.3 Å². The first-order valence-electron chi connectivity index (χ1n) is 5.89. The van der Waals surface area contributed by atoms with Gasteiger partial charge >= 0.3 is 0 Å². The molecule has 0 spiro atoms. The molecule has 0 aliphatic carbocycles. The molecule has 94 valence electrons. The normalized spacial score (nSPS) is 23.8. The molecule has 1 unspecified atom stereocenters. The zero-order valence-electron chi connectivity index (χ0n) is 10.6. The molecule has 2 heterocycles. The van der Waals surface area contributed by atoms with Crippen LogP contribution in [0.25, 0.3) is 0 Å². The fourth-order valence-electron chi connectivity index (χ4n) is 1.90. The van der Waals surface area contributed by atoms with Gasteiger partial charge in [-0.2, -0.15) is 0 Å². The molecule has 1 aliphatic heterocycles. The van der Waals surface area contributed by atoms with Crippen LogP contribution in [0.2, 0.25) is 0 Å². The third-order valence-electron chi connectivity index (χ3n) is 2.72. The molecule has 1 aromatic rings. The van der Waals surface area contributed by atoms with Gasteiger partial charge < -0.3 is 0 Å². The van der Waals surface area contributed by atoms with Crippen LogP contribution in [0.5, 0.6) is 0 Å². The van der Waals surface area contributed by atoms with E-state index in [1.54, 1.807) is 11.3 Å². The summed E-state index contributed by atoms with van der Waals surface area (Å²) in [6.45, 7) is 6.98. The van der Waals surface area contributed by atoms with Crippen LogP contribution >= 0.6 is 11.3 Å². The van der Waals surface area contributed by atoms with Gasteiger partial charge in [0.15, 0.2) is 0 Å². The third kappa shape index (κ3) is 2.87. The summed E-state index contributed by atoms with van der Waals surface area (Å²) in [6, 6.07) is 4.36. The maximum atomic E-state index is 12.5. The summed E-state index contributed by atoms with van der Waals surface area (Å²) in [7, 11) is -0.950. The molecule has 2 atom stereocenters. The van der Waals surface area contributed by atoms with Crippen molar-refractivity contribution < 1.29 is 4.21 Å². The predicted octanol–water partition coefficient (Wildman–Crippen LogP) is 3.51. The minimum Gasteiger partial charge on any atom is -0.242 e. The molecule has 0 N–H and O–H groups in total. The van der Waals surface area contributed by atoms with Crippen molar-refractivity contribution in [3.8, 4) is 0 Å². The zero-order chi connectivity index (χ0) is 12.5. The van der Waals surface area contributed by atoms with E-state index in [0.717, 1.165) is 13.0 Å². The fourth-order valence-corrected chi connectivity index (χ4v) is 4.14. The van der Waals surface area contributed by atoms with Crippen LogP contribution in [0.1, 0.15) is 38.1 Å². The standard InChI is InChI=1S/C13H19NOS2/c1-13(2,3)17(15)14-9-5-4-7-11(14)12-8-6-10-16-12/h4,6-8,10-11H,5,9H2,1-3H3/t11-,17?/m0/s1. The van der Waals surface area contributed by atoms with E-state index in [0.29, 0.717) is 0 Å². The highest BCUT2D eigenvalue weighted by atomic mass is 32.2. The molecular weight excluding hydrogens is 250 g/mol. The largest absolute Gasteiger partial charge is 0.242 e. The monoisotopic (exact) mass is 269 g/mol. The number of hydrogen-bond donors (Lipinski definition) is 0. The Morgan fingerprint density at radius 3 is 2.82 bits per heavy atom. The highest BCUT2D eigenvalue weighted by Crippen LogP contribution is 2.33. The summed E-state index contributed by atoms with van der Waals surface area (Å²) in [5.41, 5.74) is 0. The summed E-state index contributed by atoms with van der Waals surface area (Å²) in [4.78, 5) is 1.28. The summed E-state index contributed by atoms with van der Waals surface area (Å²) < 4.78 is 14.5.